The summed E-state index contributed by atoms with van der Waals surface area (Å²) in [4.78, 5) is 10.00. The minimum absolute atomic E-state index is 0.129. The van der Waals surface area contributed by atoms with E-state index in [2.05, 4.69) is 0 Å². The van der Waals surface area contributed by atoms with Gasteiger partial charge in [-0.1, -0.05) is 18.2 Å². The molecular formula is C17H13FN2O4S. The van der Waals surface area contributed by atoms with Crippen LogP contribution in [0.25, 0.3) is 11.3 Å². The molecule has 8 heteroatoms. The molecule has 2 aromatic carbocycles. The Hall–Kier alpha value is -3.00. The minimum atomic E-state index is -4.12. The average molecular weight is 360 g/mol. The number of nitro groups is 1. The molecule has 3 rings (SSSR count). The van der Waals surface area contributed by atoms with E-state index >= 15 is 0 Å². The molecule has 1 heterocycles. The van der Waals surface area contributed by atoms with Crippen LogP contribution in [0.4, 0.5) is 10.1 Å². The lowest BCUT2D eigenvalue weighted by Gasteiger charge is -2.11. The van der Waals surface area contributed by atoms with Crippen molar-refractivity contribution in [2.75, 3.05) is 0 Å². The molecule has 25 heavy (non-hydrogen) atoms. The van der Waals surface area contributed by atoms with Crippen LogP contribution < -0.4 is 0 Å². The Labute approximate surface area is 143 Å². The molecule has 1 aromatic heterocycles. The molecule has 0 atom stereocenters. The molecule has 0 aliphatic heterocycles. The van der Waals surface area contributed by atoms with E-state index in [4.69, 9.17) is 0 Å². The van der Waals surface area contributed by atoms with Crippen molar-refractivity contribution in [3.05, 3.63) is 82.3 Å². The van der Waals surface area contributed by atoms with E-state index < -0.39 is 20.8 Å². The van der Waals surface area contributed by atoms with E-state index in [0.717, 1.165) is 10.0 Å². The topological polar surface area (TPSA) is 82.2 Å². The number of hydrogen-bond acceptors (Lipinski definition) is 4. The summed E-state index contributed by atoms with van der Waals surface area (Å²) in [5, 5.41) is 10.9. The van der Waals surface area contributed by atoms with Crippen molar-refractivity contribution in [3.63, 3.8) is 0 Å². The molecule has 0 amide bonds. The predicted molar refractivity (Wildman–Crippen MR) is 90.2 cm³/mol. The number of nitro benzene ring substituents is 1. The van der Waals surface area contributed by atoms with Crippen molar-refractivity contribution in [1.82, 2.24) is 3.97 Å². The molecule has 0 saturated carbocycles. The first-order chi connectivity index (χ1) is 11.8. The highest BCUT2D eigenvalue weighted by Gasteiger charge is 2.24. The molecular weight excluding hydrogens is 347 g/mol. The van der Waals surface area contributed by atoms with Gasteiger partial charge in [-0.05, 0) is 36.8 Å². The Morgan fingerprint density at radius 3 is 2.48 bits per heavy atom. The summed E-state index contributed by atoms with van der Waals surface area (Å²) in [5.74, 6) is -0.559. The van der Waals surface area contributed by atoms with Gasteiger partial charge in [0.25, 0.3) is 15.7 Å². The van der Waals surface area contributed by atoms with Crippen molar-refractivity contribution in [2.45, 2.75) is 11.8 Å². The smallest absolute Gasteiger partial charge is 0.258 e. The van der Waals surface area contributed by atoms with Crippen LogP contribution in [0.15, 0.2) is 65.7 Å². The van der Waals surface area contributed by atoms with Gasteiger partial charge in [0.1, 0.15) is 5.82 Å². The van der Waals surface area contributed by atoms with E-state index in [9.17, 15) is 22.9 Å². The van der Waals surface area contributed by atoms with E-state index in [-0.39, 0.29) is 21.8 Å². The summed E-state index contributed by atoms with van der Waals surface area (Å²) in [7, 11) is -4.12. The molecule has 0 unspecified atom stereocenters. The number of halogens is 1. The number of nitrogens with zero attached hydrogens (tertiary/aromatic N) is 2. The van der Waals surface area contributed by atoms with Gasteiger partial charge in [0.05, 0.1) is 15.5 Å². The molecule has 0 N–H and O–H groups in total. The van der Waals surface area contributed by atoms with Crippen molar-refractivity contribution in [3.8, 4) is 11.3 Å². The summed E-state index contributed by atoms with van der Waals surface area (Å²) >= 11 is 0. The van der Waals surface area contributed by atoms with Crippen LogP contribution in [-0.4, -0.2) is 17.3 Å². The minimum Gasteiger partial charge on any atom is -0.258 e. The Bertz CT molecular complexity index is 1070. The van der Waals surface area contributed by atoms with Gasteiger partial charge in [0, 0.05) is 23.9 Å². The van der Waals surface area contributed by atoms with Crippen LogP contribution in [0.2, 0.25) is 0 Å². The SMILES string of the molecule is Cc1cc(-c2ccccc2F)n(S(=O)(=O)c2cccc([N+](=O)[O-])c2)c1. The normalized spacial score (nSPS) is 11.4. The van der Waals surface area contributed by atoms with Crippen LogP contribution in [-0.2, 0) is 10.0 Å². The standard InChI is InChI=1S/C17H13FN2O4S/c1-12-9-17(15-7-2-3-8-16(15)18)19(11-12)25(23,24)14-6-4-5-13(10-14)20(21)22/h2-11H,1H3. The van der Waals surface area contributed by atoms with Crippen LogP contribution >= 0.6 is 0 Å². The maximum Gasteiger partial charge on any atom is 0.270 e. The molecule has 0 bridgehead atoms. The number of hydrogen-bond donors (Lipinski definition) is 0. The number of rotatable bonds is 4. The van der Waals surface area contributed by atoms with Crippen LogP contribution in [0, 0.1) is 22.9 Å². The summed E-state index contributed by atoms with van der Waals surface area (Å²) in [6.45, 7) is 1.68. The third-order valence-electron chi connectivity index (χ3n) is 3.66. The third kappa shape index (κ3) is 3.03. The van der Waals surface area contributed by atoms with Crippen molar-refractivity contribution >= 4 is 15.7 Å². The largest absolute Gasteiger partial charge is 0.270 e. The Balaban J connectivity index is 2.22. The zero-order valence-corrected chi connectivity index (χ0v) is 13.9. The van der Waals surface area contributed by atoms with Gasteiger partial charge in [0.15, 0.2) is 0 Å². The zero-order valence-electron chi connectivity index (χ0n) is 13.1. The second-order valence-corrected chi connectivity index (χ2v) is 7.25. The zero-order chi connectivity index (χ0) is 18.2. The van der Waals surface area contributed by atoms with Crippen LogP contribution in [0.5, 0.6) is 0 Å². The molecule has 128 valence electrons. The number of aromatic nitrogens is 1. The number of aryl methyl sites for hydroxylation is 1. The first-order valence-electron chi connectivity index (χ1n) is 7.24. The Morgan fingerprint density at radius 2 is 1.80 bits per heavy atom. The van der Waals surface area contributed by atoms with E-state index in [1.54, 1.807) is 19.1 Å². The fraction of sp³-hybridized carbons (Fsp3) is 0.0588. The van der Waals surface area contributed by atoms with Crippen molar-refractivity contribution in [2.24, 2.45) is 0 Å². The van der Waals surface area contributed by atoms with Crippen LogP contribution in [0.3, 0.4) is 0 Å². The summed E-state index contributed by atoms with van der Waals surface area (Å²) in [6, 6.07) is 12.1. The van der Waals surface area contributed by atoms with Gasteiger partial charge >= 0.3 is 0 Å². The first kappa shape index (κ1) is 16.8. The molecule has 0 saturated heterocycles. The molecule has 0 aliphatic rings. The first-order valence-corrected chi connectivity index (χ1v) is 8.68. The highest BCUT2D eigenvalue weighted by Crippen LogP contribution is 2.29. The molecule has 6 nitrogen and oxygen atoms in total. The highest BCUT2D eigenvalue weighted by atomic mass is 32.2. The molecule has 0 aliphatic carbocycles. The predicted octanol–water partition coefficient (Wildman–Crippen LogP) is 3.75. The number of non-ortho nitro benzene ring substituents is 1. The Morgan fingerprint density at radius 1 is 1.08 bits per heavy atom. The fourth-order valence-corrected chi connectivity index (χ4v) is 3.97. The lowest BCUT2D eigenvalue weighted by Crippen LogP contribution is -2.13. The van der Waals surface area contributed by atoms with Crippen molar-refractivity contribution in [1.29, 1.82) is 0 Å². The van der Waals surface area contributed by atoms with Gasteiger partial charge in [-0.2, -0.15) is 0 Å². The van der Waals surface area contributed by atoms with Crippen molar-refractivity contribution < 1.29 is 17.7 Å². The second-order valence-electron chi connectivity index (χ2n) is 5.44. The van der Waals surface area contributed by atoms with Gasteiger partial charge in [-0.3, -0.25) is 10.1 Å². The Kier molecular flexibility index (Phi) is 4.13. The monoisotopic (exact) mass is 360 g/mol. The summed E-state index contributed by atoms with van der Waals surface area (Å²) in [5.41, 5.74) is 0.566. The van der Waals surface area contributed by atoms with Gasteiger partial charge in [-0.15, -0.1) is 0 Å². The third-order valence-corrected chi connectivity index (χ3v) is 5.33. The second kappa shape index (κ2) is 6.14. The summed E-state index contributed by atoms with van der Waals surface area (Å²) < 4.78 is 41.0. The van der Waals surface area contributed by atoms with Gasteiger partial charge in [0.2, 0.25) is 0 Å². The lowest BCUT2D eigenvalue weighted by molar-refractivity contribution is -0.385. The lowest BCUT2D eigenvalue weighted by atomic mass is 10.1. The number of benzene rings is 2. The molecule has 0 radical (unpaired) electrons. The maximum atomic E-state index is 14.1. The quantitative estimate of drug-likeness (QED) is 0.524. The summed E-state index contributed by atoms with van der Waals surface area (Å²) in [6.07, 6.45) is 1.36. The van der Waals surface area contributed by atoms with Crippen LogP contribution in [0.1, 0.15) is 5.56 Å². The van der Waals surface area contributed by atoms with E-state index in [0.29, 0.717) is 5.56 Å². The molecule has 0 fully saturated rings. The molecule has 0 spiro atoms. The van der Waals surface area contributed by atoms with E-state index in [1.165, 1.54) is 42.6 Å². The maximum absolute atomic E-state index is 14.1. The highest BCUT2D eigenvalue weighted by molar-refractivity contribution is 7.90. The van der Waals surface area contributed by atoms with Gasteiger partial charge < -0.3 is 0 Å². The molecule has 3 aromatic rings. The average Bonchev–Trinajstić information content (AvgIpc) is 2.98. The van der Waals surface area contributed by atoms with E-state index in [1.807, 2.05) is 0 Å². The van der Waals surface area contributed by atoms with Gasteiger partial charge in [-0.25, -0.2) is 16.8 Å². The fourth-order valence-electron chi connectivity index (χ4n) is 2.51.